The van der Waals surface area contributed by atoms with E-state index in [9.17, 15) is 9.59 Å². The van der Waals surface area contributed by atoms with Crippen LogP contribution in [-0.4, -0.2) is 29.1 Å². The number of carboxylic acids is 1. The van der Waals surface area contributed by atoms with Crippen molar-refractivity contribution < 1.29 is 14.7 Å². The SMILES string of the molecule is CC(CCNC(=O)C1(N)CCCCC1)C(=O)O. The zero-order valence-corrected chi connectivity index (χ0v) is 10.4. The average molecular weight is 242 g/mol. The zero-order chi connectivity index (χ0) is 12.9. The molecule has 1 fully saturated rings. The van der Waals surface area contributed by atoms with Gasteiger partial charge in [-0.1, -0.05) is 26.2 Å². The summed E-state index contributed by atoms with van der Waals surface area (Å²) in [4.78, 5) is 22.5. The third kappa shape index (κ3) is 4.00. The van der Waals surface area contributed by atoms with Crippen LogP contribution in [0.1, 0.15) is 45.4 Å². The highest BCUT2D eigenvalue weighted by Crippen LogP contribution is 2.25. The highest BCUT2D eigenvalue weighted by Gasteiger charge is 2.34. The van der Waals surface area contributed by atoms with Gasteiger partial charge in [-0.25, -0.2) is 0 Å². The Morgan fingerprint density at radius 2 is 1.94 bits per heavy atom. The van der Waals surface area contributed by atoms with E-state index in [1.165, 1.54) is 0 Å². The minimum Gasteiger partial charge on any atom is -0.481 e. The molecule has 0 aromatic rings. The maximum Gasteiger partial charge on any atom is 0.306 e. The molecule has 5 nitrogen and oxygen atoms in total. The van der Waals surface area contributed by atoms with Crippen LogP contribution in [0.3, 0.4) is 0 Å². The van der Waals surface area contributed by atoms with E-state index in [2.05, 4.69) is 5.32 Å². The summed E-state index contributed by atoms with van der Waals surface area (Å²) in [6.45, 7) is 2.01. The van der Waals surface area contributed by atoms with Gasteiger partial charge in [0.1, 0.15) is 0 Å². The van der Waals surface area contributed by atoms with Crippen LogP contribution in [0.15, 0.2) is 0 Å². The Labute approximate surface area is 102 Å². The van der Waals surface area contributed by atoms with Crippen LogP contribution in [0.4, 0.5) is 0 Å². The highest BCUT2D eigenvalue weighted by atomic mass is 16.4. The number of nitrogens with two attached hydrogens (primary N) is 1. The van der Waals surface area contributed by atoms with E-state index >= 15 is 0 Å². The molecule has 0 heterocycles. The van der Waals surface area contributed by atoms with Crippen LogP contribution in [0.25, 0.3) is 0 Å². The summed E-state index contributed by atoms with van der Waals surface area (Å²) in [5.74, 6) is -1.40. The number of hydrogen-bond donors (Lipinski definition) is 3. The average Bonchev–Trinajstić information content (AvgIpc) is 2.29. The molecule has 0 radical (unpaired) electrons. The quantitative estimate of drug-likeness (QED) is 0.667. The molecule has 1 aliphatic rings. The van der Waals surface area contributed by atoms with E-state index in [0.717, 1.165) is 32.1 Å². The number of nitrogens with one attached hydrogen (secondary N) is 1. The largest absolute Gasteiger partial charge is 0.481 e. The van der Waals surface area contributed by atoms with Gasteiger partial charge in [-0.05, 0) is 19.3 Å². The Morgan fingerprint density at radius 3 is 2.47 bits per heavy atom. The van der Waals surface area contributed by atoms with E-state index in [0.29, 0.717) is 13.0 Å². The van der Waals surface area contributed by atoms with Gasteiger partial charge in [0.2, 0.25) is 5.91 Å². The molecule has 1 unspecified atom stereocenters. The highest BCUT2D eigenvalue weighted by molar-refractivity contribution is 5.86. The first-order valence-corrected chi connectivity index (χ1v) is 6.26. The summed E-state index contributed by atoms with van der Waals surface area (Å²) < 4.78 is 0. The number of carbonyl (C=O) groups excluding carboxylic acids is 1. The Morgan fingerprint density at radius 1 is 1.35 bits per heavy atom. The van der Waals surface area contributed by atoms with Crippen LogP contribution in [-0.2, 0) is 9.59 Å². The number of aliphatic carboxylic acids is 1. The smallest absolute Gasteiger partial charge is 0.306 e. The summed E-state index contributed by atoms with van der Waals surface area (Å²) in [6.07, 6.45) is 5.03. The van der Waals surface area contributed by atoms with Crippen molar-refractivity contribution >= 4 is 11.9 Å². The molecule has 98 valence electrons. The summed E-state index contributed by atoms with van der Waals surface area (Å²) in [7, 11) is 0. The van der Waals surface area contributed by atoms with Gasteiger partial charge >= 0.3 is 5.97 Å². The molecule has 1 rings (SSSR count). The van der Waals surface area contributed by atoms with Crippen molar-refractivity contribution in [3.8, 4) is 0 Å². The Hall–Kier alpha value is -1.10. The van der Waals surface area contributed by atoms with Crippen LogP contribution in [0.2, 0.25) is 0 Å². The molecule has 0 bridgehead atoms. The second kappa shape index (κ2) is 6.00. The van der Waals surface area contributed by atoms with Gasteiger partial charge < -0.3 is 16.2 Å². The van der Waals surface area contributed by atoms with E-state index in [1.807, 2.05) is 0 Å². The zero-order valence-electron chi connectivity index (χ0n) is 10.4. The predicted molar refractivity (Wildman–Crippen MR) is 64.4 cm³/mol. The monoisotopic (exact) mass is 242 g/mol. The lowest BCUT2D eigenvalue weighted by atomic mass is 9.82. The second-order valence-electron chi connectivity index (χ2n) is 5.00. The molecule has 1 saturated carbocycles. The molecular formula is C12H22N2O3. The van der Waals surface area contributed by atoms with Crippen molar-refractivity contribution in [2.45, 2.75) is 51.0 Å². The first kappa shape index (κ1) is 14.0. The summed E-state index contributed by atoms with van der Waals surface area (Å²) in [6, 6.07) is 0. The fourth-order valence-corrected chi connectivity index (χ4v) is 2.11. The first-order chi connectivity index (χ1) is 7.96. The van der Waals surface area contributed by atoms with E-state index in [-0.39, 0.29) is 5.91 Å². The van der Waals surface area contributed by atoms with Gasteiger partial charge in [0.15, 0.2) is 0 Å². The molecule has 0 saturated heterocycles. The van der Waals surface area contributed by atoms with Gasteiger partial charge in [0.25, 0.3) is 0 Å². The van der Waals surface area contributed by atoms with Crippen molar-refractivity contribution in [1.29, 1.82) is 0 Å². The van der Waals surface area contributed by atoms with Crippen molar-refractivity contribution in [2.75, 3.05) is 6.54 Å². The van der Waals surface area contributed by atoms with Gasteiger partial charge in [0.05, 0.1) is 11.5 Å². The minimum absolute atomic E-state index is 0.130. The van der Waals surface area contributed by atoms with Crippen molar-refractivity contribution in [2.24, 2.45) is 11.7 Å². The van der Waals surface area contributed by atoms with Crippen LogP contribution < -0.4 is 11.1 Å². The first-order valence-electron chi connectivity index (χ1n) is 6.26. The van der Waals surface area contributed by atoms with Crippen LogP contribution in [0, 0.1) is 5.92 Å². The molecule has 1 amide bonds. The standard InChI is InChI=1S/C12H22N2O3/c1-9(10(15)16)5-8-14-11(17)12(13)6-3-2-4-7-12/h9H,2-8,13H2,1H3,(H,14,17)(H,15,16). The number of carboxylic acid groups (broad SMARTS) is 1. The number of hydrogen-bond acceptors (Lipinski definition) is 3. The lowest BCUT2D eigenvalue weighted by Crippen LogP contribution is -2.55. The number of carbonyl (C=O) groups is 2. The number of amides is 1. The van der Waals surface area contributed by atoms with Gasteiger partial charge in [-0.3, -0.25) is 9.59 Å². The van der Waals surface area contributed by atoms with Crippen LogP contribution >= 0.6 is 0 Å². The maximum atomic E-state index is 11.9. The molecule has 17 heavy (non-hydrogen) atoms. The Kier molecular flexibility index (Phi) is 4.93. The normalized spacial score (nSPS) is 20.6. The third-order valence-corrected chi connectivity index (χ3v) is 3.48. The topological polar surface area (TPSA) is 92.4 Å². The molecule has 5 heteroatoms. The van der Waals surface area contributed by atoms with Crippen molar-refractivity contribution in [1.82, 2.24) is 5.32 Å². The summed E-state index contributed by atoms with van der Waals surface area (Å²) in [5.41, 5.74) is 5.32. The van der Waals surface area contributed by atoms with Gasteiger partial charge in [0, 0.05) is 6.54 Å². The van der Waals surface area contributed by atoms with Gasteiger partial charge in [-0.2, -0.15) is 0 Å². The second-order valence-corrected chi connectivity index (χ2v) is 5.00. The molecule has 0 aromatic heterocycles. The van der Waals surface area contributed by atoms with Crippen molar-refractivity contribution in [3.63, 3.8) is 0 Å². The van der Waals surface area contributed by atoms with E-state index < -0.39 is 17.4 Å². The lowest BCUT2D eigenvalue weighted by Gasteiger charge is -2.31. The number of rotatable bonds is 5. The summed E-state index contributed by atoms with van der Waals surface area (Å²) >= 11 is 0. The predicted octanol–water partition coefficient (Wildman–Crippen LogP) is 0.875. The fourth-order valence-electron chi connectivity index (χ4n) is 2.11. The maximum absolute atomic E-state index is 11.9. The third-order valence-electron chi connectivity index (χ3n) is 3.48. The van der Waals surface area contributed by atoms with Gasteiger partial charge in [-0.15, -0.1) is 0 Å². The lowest BCUT2D eigenvalue weighted by molar-refractivity contribution is -0.141. The molecule has 0 spiro atoms. The molecule has 4 N–H and O–H groups in total. The fraction of sp³-hybridized carbons (Fsp3) is 0.833. The molecule has 0 aliphatic heterocycles. The Bertz CT molecular complexity index is 285. The van der Waals surface area contributed by atoms with Crippen molar-refractivity contribution in [3.05, 3.63) is 0 Å². The van der Waals surface area contributed by atoms with E-state index in [4.69, 9.17) is 10.8 Å². The summed E-state index contributed by atoms with van der Waals surface area (Å²) in [5, 5.41) is 11.5. The minimum atomic E-state index is -0.834. The molecule has 1 aliphatic carbocycles. The molecule has 1 atom stereocenters. The molecule has 0 aromatic carbocycles. The van der Waals surface area contributed by atoms with E-state index in [1.54, 1.807) is 6.92 Å². The van der Waals surface area contributed by atoms with Crippen LogP contribution in [0.5, 0.6) is 0 Å². The Balaban J connectivity index is 2.31. The molecular weight excluding hydrogens is 220 g/mol.